The van der Waals surface area contributed by atoms with Crippen LogP contribution in [0.2, 0.25) is 5.02 Å². The number of para-hydroxylation sites is 1. The van der Waals surface area contributed by atoms with E-state index in [1.807, 2.05) is 25.1 Å². The monoisotopic (exact) mass is 407 g/mol. The topological polar surface area (TPSA) is 35.6 Å². The fourth-order valence-corrected chi connectivity index (χ4v) is 4.13. The van der Waals surface area contributed by atoms with Gasteiger partial charge in [-0.2, -0.15) is 0 Å². The van der Waals surface area contributed by atoms with E-state index < -0.39 is 0 Å². The number of benzene rings is 3. The summed E-state index contributed by atoms with van der Waals surface area (Å²) in [7, 11) is 0. The highest BCUT2D eigenvalue weighted by atomic mass is 35.5. The van der Waals surface area contributed by atoms with Crippen LogP contribution in [0.4, 0.5) is 5.69 Å². The van der Waals surface area contributed by atoms with Gasteiger partial charge < -0.3 is 5.32 Å². The molecule has 1 saturated heterocycles. The van der Waals surface area contributed by atoms with Gasteiger partial charge in [0.1, 0.15) is 0 Å². The van der Waals surface area contributed by atoms with Gasteiger partial charge in [0.2, 0.25) is 5.91 Å². The molecular formula is C24H26ClN3O. The smallest absolute Gasteiger partial charge is 0.241 e. The zero-order valence-corrected chi connectivity index (χ0v) is 17.4. The number of anilines is 1. The van der Waals surface area contributed by atoms with Crippen LogP contribution >= 0.6 is 11.6 Å². The van der Waals surface area contributed by atoms with Gasteiger partial charge in [-0.25, -0.2) is 0 Å². The molecule has 3 aromatic carbocycles. The minimum atomic E-state index is -0.189. The molecule has 0 aliphatic carbocycles. The first kappa shape index (κ1) is 19.9. The predicted octanol–water partition coefficient (Wildman–Crippen LogP) is 4.64. The Morgan fingerprint density at radius 2 is 1.66 bits per heavy atom. The van der Waals surface area contributed by atoms with Crippen molar-refractivity contribution in [1.29, 1.82) is 0 Å². The minimum Gasteiger partial charge on any atom is -0.323 e. The van der Waals surface area contributed by atoms with E-state index in [0.717, 1.165) is 32.7 Å². The molecule has 1 unspecified atom stereocenters. The molecule has 3 aromatic rings. The number of nitrogens with one attached hydrogen (secondary N) is 1. The Kier molecular flexibility index (Phi) is 6.14. The molecule has 0 saturated carbocycles. The lowest BCUT2D eigenvalue weighted by atomic mass is 10.0. The van der Waals surface area contributed by atoms with Crippen LogP contribution < -0.4 is 5.32 Å². The summed E-state index contributed by atoms with van der Waals surface area (Å²) in [5, 5.41) is 6.12. The van der Waals surface area contributed by atoms with E-state index in [0.29, 0.717) is 10.7 Å². The number of carbonyl (C=O) groups excluding carboxylic acids is 1. The van der Waals surface area contributed by atoms with Gasteiger partial charge in [-0.1, -0.05) is 66.2 Å². The maximum absolute atomic E-state index is 12.7. The standard InChI is InChI=1S/C24H26ClN3O/c1-18(24(29)26-23-12-5-4-11-22(23)25)28-15-13-27(14-16-28)17-20-9-6-8-19-7-2-3-10-21(19)20/h2-12,18H,13-17H2,1H3,(H,26,29). The molecule has 0 aromatic heterocycles. The third kappa shape index (κ3) is 4.61. The number of piperazine rings is 1. The van der Waals surface area contributed by atoms with Crippen LogP contribution in [0.1, 0.15) is 12.5 Å². The van der Waals surface area contributed by atoms with Crippen LogP contribution in [0.3, 0.4) is 0 Å². The zero-order chi connectivity index (χ0) is 20.2. The highest BCUT2D eigenvalue weighted by molar-refractivity contribution is 6.33. The van der Waals surface area contributed by atoms with Crippen molar-refractivity contribution in [2.24, 2.45) is 0 Å². The van der Waals surface area contributed by atoms with Crippen molar-refractivity contribution >= 4 is 34.0 Å². The molecule has 5 heteroatoms. The molecular weight excluding hydrogens is 382 g/mol. The third-order valence-corrected chi connectivity index (χ3v) is 6.07. The Hall–Kier alpha value is -2.40. The highest BCUT2D eigenvalue weighted by Crippen LogP contribution is 2.22. The second-order valence-electron chi connectivity index (χ2n) is 7.60. The second kappa shape index (κ2) is 8.95. The normalized spacial score (nSPS) is 16.6. The van der Waals surface area contributed by atoms with E-state index >= 15 is 0 Å². The summed E-state index contributed by atoms with van der Waals surface area (Å²) in [5.41, 5.74) is 2.03. The van der Waals surface area contributed by atoms with E-state index in [2.05, 4.69) is 57.6 Å². The van der Waals surface area contributed by atoms with Crippen molar-refractivity contribution in [1.82, 2.24) is 9.80 Å². The maximum Gasteiger partial charge on any atom is 0.241 e. The van der Waals surface area contributed by atoms with Crippen molar-refractivity contribution in [3.8, 4) is 0 Å². The molecule has 29 heavy (non-hydrogen) atoms. The molecule has 0 bridgehead atoms. The molecule has 1 fully saturated rings. The lowest BCUT2D eigenvalue weighted by Gasteiger charge is -2.37. The number of amides is 1. The van der Waals surface area contributed by atoms with E-state index in [1.165, 1.54) is 16.3 Å². The molecule has 0 radical (unpaired) electrons. The van der Waals surface area contributed by atoms with Crippen LogP contribution in [0.5, 0.6) is 0 Å². The van der Waals surface area contributed by atoms with Gasteiger partial charge >= 0.3 is 0 Å². The van der Waals surface area contributed by atoms with Crippen molar-refractivity contribution in [2.75, 3.05) is 31.5 Å². The number of hydrogen-bond acceptors (Lipinski definition) is 3. The number of carbonyl (C=O) groups is 1. The van der Waals surface area contributed by atoms with Crippen molar-refractivity contribution in [3.63, 3.8) is 0 Å². The first-order valence-electron chi connectivity index (χ1n) is 10.1. The summed E-state index contributed by atoms with van der Waals surface area (Å²) in [4.78, 5) is 17.4. The molecule has 1 atom stereocenters. The van der Waals surface area contributed by atoms with Gasteiger partial charge in [0.05, 0.1) is 16.8 Å². The number of nitrogens with zero attached hydrogens (tertiary/aromatic N) is 2. The zero-order valence-electron chi connectivity index (χ0n) is 16.6. The molecule has 150 valence electrons. The fraction of sp³-hybridized carbons (Fsp3) is 0.292. The van der Waals surface area contributed by atoms with Gasteiger partial charge in [0, 0.05) is 32.7 Å². The largest absolute Gasteiger partial charge is 0.323 e. The summed E-state index contributed by atoms with van der Waals surface area (Å²) >= 11 is 6.16. The number of fused-ring (bicyclic) bond motifs is 1. The van der Waals surface area contributed by atoms with Crippen LogP contribution in [-0.4, -0.2) is 47.9 Å². The van der Waals surface area contributed by atoms with Gasteiger partial charge in [0.15, 0.2) is 0 Å². The molecule has 1 heterocycles. The van der Waals surface area contributed by atoms with E-state index in [1.54, 1.807) is 6.07 Å². The molecule has 0 spiro atoms. The third-order valence-electron chi connectivity index (χ3n) is 5.74. The SMILES string of the molecule is CC(C(=O)Nc1ccccc1Cl)N1CCN(Cc2cccc3ccccc23)CC1. The van der Waals surface area contributed by atoms with Crippen LogP contribution in [0.25, 0.3) is 10.8 Å². The number of halogens is 1. The fourth-order valence-electron chi connectivity index (χ4n) is 3.95. The predicted molar refractivity (Wildman–Crippen MR) is 120 cm³/mol. The Balaban J connectivity index is 1.34. The second-order valence-corrected chi connectivity index (χ2v) is 8.00. The lowest BCUT2D eigenvalue weighted by Crippen LogP contribution is -2.52. The van der Waals surface area contributed by atoms with Crippen molar-refractivity contribution < 1.29 is 4.79 Å². The van der Waals surface area contributed by atoms with Crippen molar-refractivity contribution in [2.45, 2.75) is 19.5 Å². The van der Waals surface area contributed by atoms with E-state index in [9.17, 15) is 4.79 Å². The Morgan fingerprint density at radius 3 is 2.45 bits per heavy atom. The van der Waals surface area contributed by atoms with Crippen LogP contribution in [0, 0.1) is 0 Å². The molecule has 4 nitrogen and oxygen atoms in total. The Bertz CT molecular complexity index is 993. The lowest BCUT2D eigenvalue weighted by molar-refractivity contribution is -0.121. The summed E-state index contributed by atoms with van der Waals surface area (Å²) in [6, 6.07) is 22.2. The first-order valence-corrected chi connectivity index (χ1v) is 10.5. The van der Waals surface area contributed by atoms with Gasteiger partial charge in [-0.15, -0.1) is 0 Å². The summed E-state index contributed by atoms with van der Waals surface area (Å²) in [6.45, 7) is 6.56. The van der Waals surface area contributed by atoms with Gasteiger partial charge in [-0.3, -0.25) is 14.6 Å². The van der Waals surface area contributed by atoms with Gasteiger partial charge in [0.25, 0.3) is 0 Å². The van der Waals surface area contributed by atoms with Crippen molar-refractivity contribution in [3.05, 3.63) is 77.3 Å². The quantitative estimate of drug-likeness (QED) is 0.669. The molecule has 1 aliphatic heterocycles. The Labute approximate surface area is 177 Å². The number of rotatable bonds is 5. The molecule has 1 N–H and O–H groups in total. The highest BCUT2D eigenvalue weighted by Gasteiger charge is 2.26. The minimum absolute atomic E-state index is 0.0133. The molecule has 1 aliphatic rings. The number of hydrogen-bond donors (Lipinski definition) is 1. The van der Waals surface area contributed by atoms with E-state index in [4.69, 9.17) is 11.6 Å². The maximum atomic E-state index is 12.7. The van der Waals surface area contributed by atoms with Gasteiger partial charge in [-0.05, 0) is 35.4 Å². The summed E-state index contributed by atoms with van der Waals surface area (Å²) < 4.78 is 0. The van der Waals surface area contributed by atoms with E-state index in [-0.39, 0.29) is 11.9 Å². The Morgan fingerprint density at radius 1 is 0.966 bits per heavy atom. The molecule has 1 amide bonds. The molecule has 4 rings (SSSR count). The summed E-state index contributed by atoms with van der Waals surface area (Å²) in [5.74, 6) is -0.0133. The van der Waals surface area contributed by atoms with Crippen LogP contribution in [0.15, 0.2) is 66.7 Å². The first-order chi connectivity index (χ1) is 14.1. The average Bonchev–Trinajstić information content (AvgIpc) is 2.75. The van der Waals surface area contributed by atoms with Crippen LogP contribution in [-0.2, 0) is 11.3 Å². The average molecular weight is 408 g/mol. The summed E-state index contributed by atoms with van der Waals surface area (Å²) in [6.07, 6.45) is 0.